The largest absolute Gasteiger partial charge is 0.323 e. The molecular weight excluding hydrogens is 384 g/mol. The van der Waals surface area contributed by atoms with Crippen LogP contribution in [0.4, 0.5) is 10.5 Å². The lowest BCUT2D eigenvalue weighted by Gasteiger charge is -2.39. The molecule has 0 atom stereocenters. The summed E-state index contributed by atoms with van der Waals surface area (Å²) in [7, 11) is 0. The molecule has 5 rings (SSSR count). The molecule has 0 spiro atoms. The van der Waals surface area contributed by atoms with E-state index in [-0.39, 0.29) is 6.03 Å². The monoisotopic (exact) mass is 418 g/mol. The zero-order valence-corrected chi connectivity index (χ0v) is 18.4. The van der Waals surface area contributed by atoms with Crippen LogP contribution >= 0.6 is 0 Å². The molecule has 2 saturated heterocycles. The third kappa shape index (κ3) is 4.93. The van der Waals surface area contributed by atoms with Crippen molar-refractivity contribution in [1.82, 2.24) is 14.8 Å². The molecule has 1 saturated carbocycles. The summed E-state index contributed by atoms with van der Waals surface area (Å²) in [6.45, 7) is 5.29. The van der Waals surface area contributed by atoms with Gasteiger partial charge in [0.05, 0.1) is 0 Å². The minimum absolute atomic E-state index is 0.00638. The maximum absolute atomic E-state index is 12.5. The third-order valence-corrected chi connectivity index (χ3v) is 7.54. The number of piperidine rings is 1. The normalized spacial score (nSPS) is 21.2. The van der Waals surface area contributed by atoms with Gasteiger partial charge in [-0.25, -0.2) is 4.79 Å². The summed E-state index contributed by atoms with van der Waals surface area (Å²) < 4.78 is 0. The minimum atomic E-state index is -0.00638. The van der Waals surface area contributed by atoms with Gasteiger partial charge >= 0.3 is 6.03 Å². The lowest BCUT2D eigenvalue weighted by Crippen LogP contribution is -2.50. The van der Waals surface area contributed by atoms with Gasteiger partial charge in [0.15, 0.2) is 0 Å². The first-order chi connectivity index (χ1) is 15.2. The molecular formula is C26H34N4O. The second kappa shape index (κ2) is 9.39. The van der Waals surface area contributed by atoms with Crippen molar-refractivity contribution in [3.05, 3.63) is 59.9 Å². The van der Waals surface area contributed by atoms with Gasteiger partial charge in [-0.1, -0.05) is 31.0 Å². The van der Waals surface area contributed by atoms with Crippen molar-refractivity contribution in [2.75, 3.05) is 38.0 Å². The van der Waals surface area contributed by atoms with Crippen LogP contribution in [0.2, 0.25) is 0 Å². The van der Waals surface area contributed by atoms with Crippen LogP contribution in [0.3, 0.4) is 0 Å². The van der Waals surface area contributed by atoms with Gasteiger partial charge in [0, 0.05) is 43.6 Å². The molecule has 2 aliphatic heterocycles. The van der Waals surface area contributed by atoms with Crippen LogP contribution < -0.4 is 5.32 Å². The summed E-state index contributed by atoms with van der Waals surface area (Å²) >= 11 is 0. The summed E-state index contributed by atoms with van der Waals surface area (Å²) in [5, 5.41) is 3.06. The van der Waals surface area contributed by atoms with Gasteiger partial charge in [0.25, 0.3) is 0 Å². The SMILES string of the molecule is O=C(Nc1ccc(C2CCN(CC3CCCC3)CC2)cc1)N1CC(c2cccnc2)C1. The zero-order chi connectivity index (χ0) is 21.0. The van der Waals surface area contributed by atoms with Crippen molar-refractivity contribution in [1.29, 1.82) is 0 Å². The van der Waals surface area contributed by atoms with E-state index in [0.29, 0.717) is 11.8 Å². The number of aromatic nitrogens is 1. The molecule has 0 unspecified atom stereocenters. The molecule has 3 aliphatic rings. The van der Waals surface area contributed by atoms with Crippen molar-refractivity contribution in [3.8, 4) is 0 Å². The van der Waals surface area contributed by atoms with Gasteiger partial charge in [0.1, 0.15) is 0 Å². The van der Waals surface area contributed by atoms with E-state index in [4.69, 9.17) is 0 Å². The van der Waals surface area contributed by atoms with E-state index in [1.54, 1.807) is 6.20 Å². The Labute approximate surface area is 185 Å². The Hall–Kier alpha value is -2.40. The van der Waals surface area contributed by atoms with E-state index in [2.05, 4.69) is 45.5 Å². The van der Waals surface area contributed by atoms with Crippen LogP contribution in [0.5, 0.6) is 0 Å². The van der Waals surface area contributed by atoms with Gasteiger partial charge < -0.3 is 15.1 Å². The number of pyridine rings is 1. The predicted octanol–water partition coefficient (Wildman–Crippen LogP) is 5.08. The Morgan fingerprint density at radius 2 is 1.68 bits per heavy atom. The fraction of sp³-hybridized carbons (Fsp3) is 0.538. The van der Waals surface area contributed by atoms with E-state index < -0.39 is 0 Å². The highest BCUT2D eigenvalue weighted by molar-refractivity contribution is 5.90. The number of rotatable bonds is 5. The highest BCUT2D eigenvalue weighted by atomic mass is 16.2. The van der Waals surface area contributed by atoms with Gasteiger partial charge in [0.2, 0.25) is 0 Å². The number of likely N-dealkylation sites (tertiary alicyclic amines) is 2. The first kappa shape index (κ1) is 20.5. The molecule has 2 aromatic rings. The average molecular weight is 419 g/mol. The number of nitrogens with zero attached hydrogens (tertiary/aromatic N) is 3. The Morgan fingerprint density at radius 3 is 2.35 bits per heavy atom. The van der Waals surface area contributed by atoms with Gasteiger partial charge in [-0.3, -0.25) is 4.98 Å². The molecule has 1 aromatic heterocycles. The predicted molar refractivity (Wildman–Crippen MR) is 124 cm³/mol. The molecule has 1 aromatic carbocycles. The van der Waals surface area contributed by atoms with E-state index >= 15 is 0 Å². The van der Waals surface area contributed by atoms with Crippen LogP contribution in [0.25, 0.3) is 0 Å². The third-order valence-electron chi connectivity index (χ3n) is 7.54. The van der Waals surface area contributed by atoms with Gasteiger partial charge in [-0.05, 0) is 79.9 Å². The number of hydrogen-bond donors (Lipinski definition) is 1. The lowest BCUT2D eigenvalue weighted by molar-refractivity contribution is 0.164. The van der Waals surface area contributed by atoms with Crippen molar-refractivity contribution >= 4 is 11.7 Å². The van der Waals surface area contributed by atoms with Crippen LogP contribution in [0, 0.1) is 5.92 Å². The van der Waals surface area contributed by atoms with Crippen molar-refractivity contribution in [2.45, 2.75) is 50.4 Å². The van der Waals surface area contributed by atoms with Crippen LogP contribution in [0.1, 0.15) is 61.5 Å². The Kier molecular flexibility index (Phi) is 6.21. The molecule has 31 heavy (non-hydrogen) atoms. The quantitative estimate of drug-likeness (QED) is 0.736. The molecule has 2 amide bonds. The average Bonchev–Trinajstić information content (AvgIpc) is 3.28. The smallest absolute Gasteiger partial charge is 0.321 e. The number of carbonyl (C=O) groups excluding carboxylic acids is 1. The zero-order valence-electron chi connectivity index (χ0n) is 18.4. The molecule has 0 bridgehead atoms. The number of anilines is 1. The molecule has 164 valence electrons. The summed E-state index contributed by atoms with van der Waals surface area (Å²) in [6.07, 6.45) is 11.9. The van der Waals surface area contributed by atoms with Crippen molar-refractivity contribution < 1.29 is 4.79 Å². The molecule has 5 nitrogen and oxygen atoms in total. The topological polar surface area (TPSA) is 48.5 Å². The lowest BCUT2D eigenvalue weighted by atomic mass is 9.89. The maximum atomic E-state index is 12.5. The fourth-order valence-electron chi connectivity index (χ4n) is 5.52. The Morgan fingerprint density at radius 1 is 0.935 bits per heavy atom. The second-order valence-corrected chi connectivity index (χ2v) is 9.67. The summed E-state index contributed by atoms with van der Waals surface area (Å²) in [4.78, 5) is 21.3. The second-order valence-electron chi connectivity index (χ2n) is 9.67. The van der Waals surface area contributed by atoms with Crippen LogP contribution in [-0.2, 0) is 0 Å². The van der Waals surface area contributed by atoms with E-state index in [1.165, 1.54) is 69.3 Å². The molecule has 5 heteroatoms. The van der Waals surface area contributed by atoms with Crippen molar-refractivity contribution in [3.63, 3.8) is 0 Å². The number of benzene rings is 1. The highest BCUT2D eigenvalue weighted by Gasteiger charge is 2.32. The van der Waals surface area contributed by atoms with Crippen LogP contribution in [-0.4, -0.2) is 53.5 Å². The summed E-state index contributed by atoms with van der Waals surface area (Å²) in [5.41, 5.74) is 3.52. The van der Waals surface area contributed by atoms with Gasteiger partial charge in [-0.15, -0.1) is 0 Å². The van der Waals surface area contributed by atoms with Crippen molar-refractivity contribution in [2.24, 2.45) is 5.92 Å². The number of urea groups is 1. The van der Waals surface area contributed by atoms with E-state index in [0.717, 1.165) is 24.7 Å². The summed E-state index contributed by atoms with van der Waals surface area (Å²) in [6, 6.07) is 12.6. The number of hydrogen-bond acceptors (Lipinski definition) is 3. The van der Waals surface area contributed by atoms with E-state index in [9.17, 15) is 4.79 Å². The number of carbonyl (C=O) groups is 1. The first-order valence-electron chi connectivity index (χ1n) is 12.0. The molecule has 3 fully saturated rings. The molecule has 1 N–H and O–H groups in total. The molecule has 1 aliphatic carbocycles. The minimum Gasteiger partial charge on any atom is -0.323 e. The Bertz CT molecular complexity index is 849. The molecule has 3 heterocycles. The summed E-state index contributed by atoms with van der Waals surface area (Å²) in [5.74, 6) is 2.01. The maximum Gasteiger partial charge on any atom is 0.321 e. The van der Waals surface area contributed by atoms with Gasteiger partial charge in [-0.2, -0.15) is 0 Å². The highest BCUT2D eigenvalue weighted by Crippen LogP contribution is 2.32. The number of nitrogens with one attached hydrogen (secondary N) is 1. The number of amides is 2. The first-order valence-corrected chi connectivity index (χ1v) is 12.0. The standard InChI is InChI=1S/C26H34N4O/c31-26(30-18-24(19-30)23-6-3-13-27-16-23)28-25-9-7-21(8-10-25)22-11-14-29(15-12-22)17-20-4-1-2-5-20/h3,6-10,13,16,20,22,24H,1-2,4-5,11-12,14-15,17-19H2,(H,28,31). The van der Waals surface area contributed by atoms with Crippen LogP contribution in [0.15, 0.2) is 48.8 Å². The fourth-order valence-corrected chi connectivity index (χ4v) is 5.52. The molecule has 0 radical (unpaired) electrons. The van der Waals surface area contributed by atoms with E-state index in [1.807, 2.05) is 17.2 Å². The Balaban J connectivity index is 1.07.